The SMILES string of the molecule is CCCCCCCCCCCCCCCCCCCCCCC/C=C/C(O)C(CO)NC(=O)CCCCCCCCCCCCCCCCCCCCCCCCCCCCCCOC(=O)CCCCCCCCCCCCCCCCCC. The summed E-state index contributed by atoms with van der Waals surface area (Å²) in [6.45, 7) is 4.97. The number of aliphatic hydroxyl groups excluding tert-OH is 2. The van der Waals surface area contributed by atoms with Crippen LogP contribution in [0.2, 0.25) is 0 Å². The van der Waals surface area contributed by atoms with E-state index in [-0.39, 0.29) is 18.5 Å². The number of rotatable bonds is 74. The van der Waals surface area contributed by atoms with Gasteiger partial charge in [-0.3, -0.25) is 9.59 Å². The number of carbonyl (C=O) groups excluding carboxylic acids is 2. The van der Waals surface area contributed by atoms with Crippen LogP contribution in [0.4, 0.5) is 0 Å². The molecule has 0 fully saturated rings. The second-order valence-corrected chi connectivity index (χ2v) is 27.1. The van der Waals surface area contributed by atoms with Crippen molar-refractivity contribution in [1.82, 2.24) is 5.32 Å². The number of carbonyl (C=O) groups is 2. The molecule has 0 rings (SSSR count). The van der Waals surface area contributed by atoms with Crippen molar-refractivity contribution in [2.45, 2.75) is 463 Å². The fourth-order valence-electron chi connectivity index (χ4n) is 12.6. The zero-order valence-corrected chi connectivity index (χ0v) is 57.4. The van der Waals surface area contributed by atoms with Crippen molar-refractivity contribution in [3.8, 4) is 0 Å². The van der Waals surface area contributed by atoms with Crippen molar-refractivity contribution in [3.63, 3.8) is 0 Å². The molecule has 3 N–H and O–H groups in total. The van der Waals surface area contributed by atoms with Gasteiger partial charge in [-0.15, -0.1) is 0 Å². The van der Waals surface area contributed by atoms with Gasteiger partial charge in [-0.05, 0) is 32.1 Å². The number of nitrogens with one attached hydrogen (secondary N) is 1. The fraction of sp³-hybridized carbons (Fsp3) is 0.949. The lowest BCUT2D eigenvalue weighted by Crippen LogP contribution is -2.45. The van der Waals surface area contributed by atoms with Crippen LogP contribution in [-0.2, 0) is 14.3 Å². The van der Waals surface area contributed by atoms with Gasteiger partial charge in [0.05, 0.1) is 25.4 Å². The minimum Gasteiger partial charge on any atom is -0.466 e. The molecular formula is C78H153NO5. The highest BCUT2D eigenvalue weighted by molar-refractivity contribution is 5.76. The molecule has 500 valence electrons. The van der Waals surface area contributed by atoms with E-state index in [1.807, 2.05) is 6.08 Å². The van der Waals surface area contributed by atoms with Gasteiger partial charge in [-0.1, -0.05) is 418 Å². The molecular weight excluding hydrogens is 1030 g/mol. The summed E-state index contributed by atoms with van der Waals surface area (Å²) in [6.07, 6.45) is 93.2. The number of hydrogen-bond donors (Lipinski definition) is 3. The second kappa shape index (κ2) is 74.1. The third-order valence-corrected chi connectivity index (χ3v) is 18.6. The average Bonchev–Trinajstić information content (AvgIpc) is 3.51. The summed E-state index contributed by atoms with van der Waals surface area (Å²) < 4.78 is 5.51. The molecule has 0 heterocycles. The van der Waals surface area contributed by atoms with Crippen LogP contribution in [0.5, 0.6) is 0 Å². The summed E-state index contributed by atoms with van der Waals surface area (Å²) in [5, 5.41) is 23.3. The molecule has 0 aliphatic rings. The van der Waals surface area contributed by atoms with Crippen LogP contribution in [-0.4, -0.2) is 47.4 Å². The van der Waals surface area contributed by atoms with Crippen LogP contribution in [0, 0.1) is 0 Å². The summed E-state index contributed by atoms with van der Waals surface area (Å²) in [7, 11) is 0. The topological polar surface area (TPSA) is 95.9 Å². The van der Waals surface area contributed by atoms with Crippen LogP contribution in [0.1, 0.15) is 450 Å². The van der Waals surface area contributed by atoms with Gasteiger partial charge in [0.1, 0.15) is 0 Å². The minimum absolute atomic E-state index is 0.0233. The van der Waals surface area contributed by atoms with Gasteiger partial charge in [0.2, 0.25) is 5.91 Å². The van der Waals surface area contributed by atoms with Crippen molar-refractivity contribution in [3.05, 3.63) is 12.2 Å². The first-order valence-corrected chi connectivity index (χ1v) is 39.0. The molecule has 0 aromatic rings. The van der Waals surface area contributed by atoms with Gasteiger partial charge in [-0.25, -0.2) is 0 Å². The third kappa shape index (κ3) is 69.7. The summed E-state index contributed by atoms with van der Waals surface area (Å²) in [4.78, 5) is 24.6. The summed E-state index contributed by atoms with van der Waals surface area (Å²) in [5.74, 6) is -0.0360. The number of esters is 1. The van der Waals surface area contributed by atoms with Crippen molar-refractivity contribution in [2.24, 2.45) is 0 Å². The Labute approximate surface area is 527 Å². The monoisotopic (exact) mass is 1180 g/mol. The van der Waals surface area contributed by atoms with Gasteiger partial charge >= 0.3 is 5.97 Å². The lowest BCUT2D eigenvalue weighted by Gasteiger charge is -2.20. The van der Waals surface area contributed by atoms with Gasteiger partial charge in [0.15, 0.2) is 0 Å². The highest BCUT2D eigenvalue weighted by atomic mass is 16.5. The van der Waals surface area contributed by atoms with E-state index in [0.29, 0.717) is 19.4 Å². The van der Waals surface area contributed by atoms with E-state index in [2.05, 4.69) is 19.2 Å². The van der Waals surface area contributed by atoms with Crippen molar-refractivity contribution in [1.29, 1.82) is 0 Å². The molecule has 0 spiro atoms. The van der Waals surface area contributed by atoms with Crippen LogP contribution in [0.25, 0.3) is 0 Å². The fourth-order valence-corrected chi connectivity index (χ4v) is 12.6. The molecule has 0 saturated carbocycles. The van der Waals surface area contributed by atoms with Gasteiger partial charge in [-0.2, -0.15) is 0 Å². The Balaban J connectivity index is 3.36. The number of aliphatic hydroxyl groups is 2. The first-order valence-electron chi connectivity index (χ1n) is 39.0. The standard InChI is InChI=1S/C78H153NO5/c1-3-5-7-9-11-13-15-17-19-21-22-23-30-33-36-39-42-46-50-54-58-62-66-70-76(81)75(74-80)79-77(82)71-67-63-59-55-51-47-43-40-37-34-31-28-26-24-25-27-29-32-35-38-41-45-49-53-57-61-65-69-73-84-78(83)72-68-64-60-56-52-48-44-20-18-16-14-12-10-8-6-4-2/h66,70,75-76,80-81H,3-65,67-69,71-74H2,1-2H3,(H,79,82)/b70-66+. The van der Waals surface area contributed by atoms with Gasteiger partial charge < -0.3 is 20.3 Å². The molecule has 1 amide bonds. The Morgan fingerprint density at radius 3 is 0.810 bits per heavy atom. The van der Waals surface area contributed by atoms with Crippen molar-refractivity contribution < 1.29 is 24.5 Å². The zero-order valence-electron chi connectivity index (χ0n) is 57.4. The molecule has 0 bridgehead atoms. The molecule has 0 radical (unpaired) electrons. The first kappa shape index (κ1) is 82.6. The largest absolute Gasteiger partial charge is 0.466 e. The summed E-state index contributed by atoms with van der Waals surface area (Å²) in [5.41, 5.74) is 0. The molecule has 0 aliphatic carbocycles. The maximum atomic E-state index is 12.5. The maximum absolute atomic E-state index is 12.5. The normalized spacial score (nSPS) is 12.5. The smallest absolute Gasteiger partial charge is 0.305 e. The lowest BCUT2D eigenvalue weighted by molar-refractivity contribution is -0.143. The molecule has 6 heteroatoms. The predicted octanol–water partition coefficient (Wildman–Crippen LogP) is 25.5. The second-order valence-electron chi connectivity index (χ2n) is 27.1. The van der Waals surface area contributed by atoms with Crippen molar-refractivity contribution in [2.75, 3.05) is 13.2 Å². The Kier molecular flexibility index (Phi) is 72.8. The van der Waals surface area contributed by atoms with Crippen LogP contribution >= 0.6 is 0 Å². The Bertz CT molecular complexity index is 1270. The van der Waals surface area contributed by atoms with Crippen molar-refractivity contribution >= 4 is 11.9 Å². The highest BCUT2D eigenvalue weighted by Crippen LogP contribution is 2.20. The van der Waals surface area contributed by atoms with E-state index in [4.69, 9.17) is 4.74 Å². The Hall–Kier alpha value is -1.40. The minimum atomic E-state index is -0.843. The molecule has 0 aromatic carbocycles. The number of allylic oxidation sites excluding steroid dienone is 1. The number of amides is 1. The van der Waals surface area contributed by atoms with E-state index in [1.165, 1.54) is 385 Å². The summed E-state index contributed by atoms with van der Waals surface area (Å²) >= 11 is 0. The molecule has 2 unspecified atom stereocenters. The predicted molar refractivity (Wildman–Crippen MR) is 370 cm³/mol. The average molecular weight is 1190 g/mol. The van der Waals surface area contributed by atoms with E-state index < -0.39 is 12.1 Å². The van der Waals surface area contributed by atoms with E-state index in [9.17, 15) is 19.8 Å². The molecule has 6 nitrogen and oxygen atoms in total. The van der Waals surface area contributed by atoms with E-state index >= 15 is 0 Å². The molecule has 2 atom stereocenters. The van der Waals surface area contributed by atoms with Crippen LogP contribution in [0.15, 0.2) is 12.2 Å². The van der Waals surface area contributed by atoms with Crippen LogP contribution in [0.3, 0.4) is 0 Å². The summed E-state index contributed by atoms with van der Waals surface area (Å²) in [6, 6.07) is -0.626. The Morgan fingerprint density at radius 2 is 0.548 bits per heavy atom. The molecule has 0 aliphatic heterocycles. The quantitative estimate of drug-likeness (QED) is 0.0320. The third-order valence-electron chi connectivity index (χ3n) is 18.6. The van der Waals surface area contributed by atoms with Gasteiger partial charge in [0.25, 0.3) is 0 Å². The Morgan fingerprint density at radius 1 is 0.321 bits per heavy atom. The molecule has 0 saturated heterocycles. The van der Waals surface area contributed by atoms with E-state index in [0.717, 1.165) is 38.5 Å². The number of ether oxygens (including phenoxy) is 1. The van der Waals surface area contributed by atoms with E-state index in [1.54, 1.807) is 6.08 Å². The lowest BCUT2D eigenvalue weighted by atomic mass is 10.0. The highest BCUT2D eigenvalue weighted by Gasteiger charge is 2.18. The zero-order chi connectivity index (χ0) is 60.6. The molecule has 84 heavy (non-hydrogen) atoms. The molecule has 0 aromatic heterocycles. The number of hydrogen-bond acceptors (Lipinski definition) is 5. The van der Waals surface area contributed by atoms with Gasteiger partial charge in [0, 0.05) is 12.8 Å². The first-order chi connectivity index (χ1) is 41.5. The number of unbranched alkanes of at least 4 members (excludes halogenated alkanes) is 63. The van der Waals surface area contributed by atoms with Crippen LogP contribution < -0.4 is 5.32 Å². The maximum Gasteiger partial charge on any atom is 0.305 e.